The van der Waals surface area contributed by atoms with Crippen LogP contribution in [0.4, 0.5) is 4.79 Å². The normalized spacial score (nSPS) is 14.3. The second-order valence-electron chi connectivity index (χ2n) is 8.48. The van der Waals surface area contributed by atoms with Crippen molar-refractivity contribution in [2.24, 2.45) is 0 Å². The molecule has 0 aromatic heterocycles. The predicted molar refractivity (Wildman–Crippen MR) is 146 cm³/mol. The zero-order valence-electron chi connectivity index (χ0n) is 20.7. The summed E-state index contributed by atoms with van der Waals surface area (Å²) in [5.74, 6) is 0.270. The van der Waals surface area contributed by atoms with E-state index in [1.807, 2.05) is 42.5 Å². The zero-order valence-corrected chi connectivity index (χ0v) is 21.5. The SMILES string of the molecule is COc1ccc(C(=O)Oc2ccc(/C=C3\SC(=O)N(Cc4ccc5ccccc5c4)C3=O)cc2OC)cc1. The maximum atomic E-state index is 13.1. The number of carbonyl (C=O) groups excluding carboxylic acids is 3. The third kappa shape index (κ3) is 5.26. The Morgan fingerprint density at radius 3 is 2.34 bits per heavy atom. The molecule has 1 fully saturated rings. The van der Waals surface area contributed by atoms with Crippen molar-refractivity contribution < 1.29 is 28.6 Å². The highest BCUT2D eigenvalue weighted by Gasteiger charge is 2.35. The summed E-state index contributed by atoms with van der Waals surface area (Å²) in [7, 11) is 3.01. The average molecular weight is 526 g/mol. The molecule has 1 heterocycles. The van der Waals surface area contributed by atoms with Gasteiger partial charge >= 0.3 is 5.97 Å². The van der Waals surface area contributed by atoms with Crippen LogP contribution in [0.1, 0.15) is 21.5 Å². The number of hydrogen-bond donors (Lipinski definition) is 0. The van der Waals surface area contributed by atoms with Gasteiger partial charge in [0.2, 0.25) is 0 Å². The Kier molecular flexibility index (Phi) is 7.15. The van der Waals surface area contributed by atoms with Crippen molar-refractivity contribution >= 4 is 45.7 Å². The first-order valence-corrected chi connectivity index (χ1v) is 12.5. The Labute approximate surface area is 223 Å². The van der Waals surface area contributed by atoms with Crippen LogP contribution in [0.25, 0.3) is 16.8 Å². The van der Waals surface area contributed by atoms with Crippen LogP contribution in [0, 0.1) is 0 Å². The van der Waals surface area contributed by atoms with Gasteiger partial charge in [0.05, 0.1) is 31.2 Å². The molecule has 5 rings (SSSR count). The first-order valence-electron chi connectivity index (χ1n) is 11.7. The molecule has 38 heavy (non-hydrogen) atoms. The molecule has 0 radical (unpaired) electrons. The van der Waals surface area contributed by atoms with Crippen molar-refractivity contribution in [3.8, 4) is 17.2 Å². The van der Waals surface area contributed by atoms with Crippen molar-refractivity contribution in [3.63, 3.8) is 0 Å². The minimum absolute atomic E-state index is 0.191. The number of amides is 2. The van der Waals surface area contributed by atoms with Crippen LogP contribution in [-0.4, -0.2) is 36.2 Å². The van der Waals surface area contributed by atoms with Crippen molar-refractivity contribution in [2.45, 2.75) is 6.54 Å². The highest BCUT2D eigenvalue weighted by atomic mass is 32.2. The van der Waals surface area contributed by atoms with Crippen LogP contribution >= 0.6 is 11.8 Å². The number of thioether (sulfide) groups is 1. The third-order valence-electron chi connectivity index (χ3n) is 6.04. The van der Waals surface area contributed by atoms with Crippen LogP contribution in [0.15, 0.2) is 89.8 Å². The fraction of sp³-hybridized carbons (Fsp3) is 0.100. The molecule has 0 unspecified atom stereocenters. The summed E-state index contributed by atoms with van der Waals surface area (Å²) >= 11 is 0.890. The van der Waals surface area contributed by atoms with Crippen LogP contribution in [-0.2, 0) is 11.3 Å². The third-order valence-corrected chi connectivity index (χ3v) is 6.95. The van der Waals surface area contributed by atoms with Crippen molar-refractivity contribution in [3.05, 3.63) is 107 Å². The number of rotatable bonds is 7. The highest BCUT2D eigenvalue weighted by molar-refractivity contribution is 8.18. The number of methoxy groups -OCH3 is 2. The summed E-state index contributed by atoms with van der Waals surface area (Å²) in [5, 5.41) is 1.82. The van der Waals surface area contributed by atoms with E-state index in [1.165, 1.54) is 12.0 Å². The molecule has 0 saturated carbocycles. The van der Waals surface area contributed by atoms with Crippen LogP contribution in [0.2, 0.25) is 0 Å². The fourth-order valence-corrected chi connectivity index (χ4v) is 4.89. The number of carbonyl (C=O) groups is 3. The molecule has 2 amide bonds. The summed E-state index contributed by atoms with van der Waals surface area (Å²) < 4.78 is 16.0. The van der Waals surface area contributed by atoms with Gasteiger partial charge in [0.25, 0.3) is 11.1 Å². The fourth-order valence-electron chi connectivity index (χ4n) is 4.05. The maximum absolute atomic E-state index is 13.1. The Bertz CT molecular complexity index is 1580. The summed E-state index contributed by atoms with van der Waals surface area (Å²) in [5.41, 5.74) is 1.86. The van der Waals surface area contributed by atoms with Gasteiger partial charge in [0.1, 0.15) is 5.75 Å². The smallest absolute Gasteiger partial charge is 0.343 e. The minimum Gasteiger partial charge on any atom is -0.497 e. The first-order chi connectivity index (χ1) is 18.4. The summed E-state index contributed by atoms with van der Waals surface area (Å²) in [4.78, 5) is 39.8. The second kappa shape index (κ2) is 10.8. The maximum Gasteiger partial charge on any atom is 0.343 e. The van der Waals surface area contributed by atoms with Gasteiger partial charge in [0.15, 0.2) is 11.5 Å². The molecule has 7 nitrogen and oxygen atoms in total. The van der Waals surface area contributed by atoms with Gasteiger partial charge in [0, 0.05) is 0 Å². The number of esters is 1. The Morgan fingerprint density at radius 2 is 1.61 bits per heavy atom. The van der Waals surface area contributed by atoms with Crippen molar-refractivity contribution in [2.75, 3.05) is 14.2 Å². The number of nitrogens with zero attached hydrogens (tertiary/aromatic N) is 1. The predicted octanol–water partition coefficient (Wildman–Crippen LogP) is 6.31. The summed E-state index contributed by atoms with van der Waals surface area (Å²) in [6.07, 6.45) is 1.63. The van der Waals surface area contributed by atoms with E-state index in [2.05, 4.69) is 0 Å². The molecular formula is C30H23NO6S. The van der Waals surface area contributed by atoms with Crippen molar-refractivity contribution in [1.29, 1.82) is 0 Å². The van der Waals surface area contributed by atoms with Gasteiger partial charge in [-0.1, -0.05) is 42.5 Å². The summed E-state index contributed by atoms with van der Waals surface area (Å²) in [6, 6.07) is 25.3. The van der Waals surface area contributed by atoms with E-state index >= 15 is 0 Å². The number of imide groups is 1. The Hall–Kier alpha value is -4.56. The van der Waals surface area contributed by atoms with Crippen LogP contribution < -0.4 is 14.2 Å². The first kappa shape index (κ1) is 25.1. The van der Waals surface area contributed by atoms with Gasteiger partial charge in [-0.05, 0) is 82.2 Å². The molecular weight excluding hydrogens is 502 g/mol. The minimum atomic E-state index is -0.548. The lowest BCUT2D eigenvalue weighted by Crippen LogP contribution is -2.27. The molecule has 190 valence electrons. The Morgan fingerprint density at radius 1 is 0.842 bits per heavy atom. The highest BCUT2D eigenvalue weighted by Crippen LogP contribution is 2.35. The van der Waals surface area contributed by atoms with Gasteiger partial charge in [-0.2, -0.15) is 0 Å². The van der Waals surface area contributed by atoms with Gasteiger partial charge in [-0.3, -0.25) is 14.5 Å². The van der Waals surface area contributed by atoms with Gasteiger partial charge < -0.3 is 14.2 Å². The monoisotopic (exact) mass is 525 g/mol. The van der Waals surface area contributed by atoms with E-state index in [9.17, 15) is 14.4 Å². The zero-order chi connectivity index (χ0) is 26.6. The molecule has 0 atom stereocenters. The molecule has 0 bridgehead atoms. The molecule has 1 aliphatic rings. The van der Waals surface area contributed by atoms with E-state index in [4.69, 9.17) is 14.2 Å². The number of ether oxygens (including phenoxy) is 3. The summed E-state index contributed by atoms with van der Waals surface area (Å²) in [6.45, 7) is 0.191. The number of benzene rings is 4. The van der Waals surface area contributed by atoms with E-state index in [0.717, 1.165) is 28.1 Å². The lowest BCUT2D eigenvalue weighted by Gasteiger charge is -2.13. The molecule has 0 spiro atoms. The molecule has 0 aliphatic carbocycles. The van der Waals surface area contributed by atoms with E-state index < -0.39 is 5.97 Å². The van der Waals surface area contributed by atoms with E-state index in [1.54, 1.807) is 55.7 Å². The van der Waals surface area contributed by atoms with Crippen molar-refractivity contribution in [1.82, 2.24) is 4.90 Å². The topological polar surface area (TPSA) is 82.1 Å². The lowest BCUT2D eigenvalue weighted by molar-refractivity contribution is -0.123. The second-order valence-corrected chi connectivity index (χ2v) is 9.47. The lowest BCUT2D eigenvalue weighted by atomic mass is 10.1. The van der Waals surface area contributed by atoms with E-state index in [0.29, 0.717) is 27.5 Å². The molecule has 1 saturated heterocycles. The number of fused-ring (bicyclic) bond motifs is 1. The van der Waals surface area contributed by atoms with Gasteiger partial charge in [-0.15, -0.1) is 0 Å². The number of hydrogen-bond acceptors (Lipinski definition) is 7. The molecule has 4 aromatic rings. The molecule has 4 aromatic carbocycles. The van der Waals surface area contributed by atoms with Crippen LogP contribution in [0.5, 0.6) is 17.2 Å². The van der Waals surface area contributed by atoms with Gasteiger partial charge in [-0.25, -0.2) is 4.79 Å². The standard InChI is InChI=1S/C30H23NO6S/c1-35-24-12-10-22(11-13-24)29(33)37-25-14-8-19(16-26(25)36-2)17-27-28(32)31(30(34)38-27)18-20-7-9-21-5-3-4-6-23(21)15-20/h3-17H,18H2,1-2H3/b27-17-. The molecule has 8 heteroatoms. The quantitative estimate of drug-likeness (QED) is 0.159. The van der Waals surface area contributed by atoms with Crippen LogP contribution in [0.3, 0.4) is 0 Å². The van der Waals surface area contributed by atoms with E-state index in [-0.39, 0.29) is 23.4 Å². The molecule has 1 aliphatic heterocycles. The molecule has 0 N–H and O–H groups in total. The largest absolute Gasteiger partial charge is 0.497 e. The average Bonchev–Trinajstić information content (AvgIpc) is 3.20. The Balaban J connectivity index is 1.31.